The second kappa shape index (κ2) is 7.07. The minimum atomic E-state index is -0.813. The summed E-state index contributed by atoms with van der Waals surface area (Å²) in [5, 5.41) is 4.92. The van der Waals surface area contributed by atoms with E-state index in [2.05, 4.69) is 15.6 Å². The molecule has 0 atom stereocenters. The number of nitrogens with zero attached hydrogens (tertiary/aromatic N) is 1. The molecule has 0 unspecified atom stereocenters. The molecule has 22 heavy (non-hydrogen) atoms. The summed E-state index contributed by atoms with van der Waals surface area (Å²) < 4.78 is 10.2. The van der Waals surface area contributed by atoms with E-state index >= 15 is 0 Å². The van der Waals surface area contributed by atoms with Crippen molar-refractivity contribution >= 4 is 23.2 Å². The Morgan fingerprint density at radius 2 is 1.82 bits per heavy atom. The van der Waals surface area contributed by atoms with E-state index in [1.54, 1.807) is 36.5 Å². The molecular formula is C15H15N3O4. The van der Waals surface area contributed by atoms with Gasteiger partial charge in [-0.2, -0.15) is 0 Å². The third-order valence-electron chi connectivity index (χ3n) is 2.78. The van der Waals surface area contributed by atoms with E-state index in [0.29, 0.717) is 22.9 Å². The summed E-state index contributed by atoms with van der Waals surface area (Å²) in [6.45, 7) is 0. The van der Waals surface area contributed by atoms with Gasteiger partial charge >= 0.3 is 11.8 Å². The predicted octanol–water partition coefficient (Wildman–Crippen LogP) is 1.68. The molecule has 0 aliphatic rings. The smallest absolute Gasteiger partial charge is 0.314 e. The molecule has 1 heterocycles. The molecule has 0 aliphatic carbocycles. The number of carbonyl (C=O) groups excluding carboxylic acids is 2. The van der Waals surface area contributed by atoms with Gasteiger partial charge in [-0.05, 0) is 24.3 Å². The van der Waals surface area contributed by atoms with Crippen LogP contribution in [0.4, 0.5) is 11.4 Å². The summed E-state index contributed by atoms with van der Waals surface area (Å²) in [4.78, 5) is 27.6. The molecule has 1 aromatic heterocycles. The fraction of sp³-hybridized carbons (Fsp3) is 0.133. The molecule has 2 amide bonds. The first-order valence-corrected chi connectivity index (χ1v) is 6.38. The minimum absolute atomic E-state index is 0.370. The first-order chi connectivity index (χ1) is 10.6. The van der Waals surface area contributed by atoms with E-state index in [9.17, 15) is 9.59 Å². The molecule has 2 N–H and O–H groups in total. The molecule has 0 bridgehead atoms. The van der Waals surface area contributed by atoms with E-state index in [4.69, 9.17) is 9.47 Å². The molecule has 0 saturated heterocycles. The number of hydrogen-bond acceptors (Lipinski definition) is 5. The molecular weight excluding hydrogens is 286 g/mol. The first-order valence-electron chi connectivity index (χ1n) is 6.38. The van der Waals surface area contributed by atoms with Crippen LogP contribution in [0.3, 0.4) is 0 Å². The molecule has 0 aliphatic heterocycles. The van der Waals surface area contributed by atoms with Crippen molar-refractivity contribution in [3.63, 3.8) is 0 Å². The van der Waals surface area contributed by atoms with Crippen LogP contribution in [-0.4, -0.2) is 31.0 Å². The van der Waals surface area contributed by atoms with Crippen LogP contribution in [0.15, 0.2) is 42.7 Å². The number of rotatable bonds is 4. The number of pyridine rings is 1. The lowest BCUT2D eigenvalue weighted by Gasteiger charge is -2.11. The Morgan fingerprint density at radius 1 is 1.05 bits per heavy atom. The van der Waals surface area contributed by atoms with Crippen molar-refractivity contribution in [3.8, 4) is 11.5 Å². The van der Waals surface area contributed by atoms with Crippen LogP contribution >= 0.6 is 0 Å². The van der Waals surface area contributed by atoms with Crippen molar-refractivity contribution in [2.75, 3.05) is 24.9 Å². The summed E-state index contributed by atoms with van der Waals surface area (Å²) in [5.41, 5.74) is 0.805. The lowest BCUT2D eigenvalue weighted by molar-refractivity contribution is -0.133. The summed E-state index contributed by atoms with van der Waals surface area (Å²) in [5.74, 6) is -0.644. The zero-order valence-electron chi connectivity index (χ0n) is 12.1. The number of hydrogen-bond donors (Lipinski definition) is 2. The van der Waals surface area contributed by atoms with Crippen molar-refractivity contribution < 1.29 is 19.1 Å². The quantitative estimate of drug-likeness (QED) is 0.839. The Kier molecular flexibility index (Phi) is 4.92. The highest BCUT2D eigenvalue weighted by atomic mass is 16.5. The average Bonchev–Trinajstić information content (AvgIpc) is 2.56. The molecule has 7 nitrogen and oxygen atoms in total. The summed E-state index contributed by atoms with van der Waals surface area (Å²) >= 11 is 0. The number of benzene rings is 1. The second-order valence-electron chi connectivity index (χ2n) is 4.22. The van der Waals surface area contributed by atoms with Crippen molar-refractivity contribution in [2.24, 2.45) is 0 Å². The molecule has 0 radical (unpaired) electrons. The number of aromatic nitrogens is 1. The van der Waals surface area contributed by atoms with Crippen LogP contribution in [0.2, 0.25) is 0 Å². The number of anilines is 2. The summed E-state index contributed by atoms with van der Waals surface area (Å²) in [7, 11) is 2.98. The van der Waals surface area contributed by atoms with Crippen LogP contribution in [0.5, 0.6) is 11.5 Å². The average molecular weight is 301 g/mol. The van der Waals surface area contributed by atoms with Gasteiger partial charge in [0.2, 0.25) is 0 Å². The number of amides is 2. The van der Waals surface area contributed by atoms with Gasteiger partial charge in [0.1, 0.15) is 11.5 Å². The molecule has 114 valence electrons. The Bertz CT molecular complexity index is 674. The predicted molar refractivity (Wildman–Crippen MR) is 81.0 cm³/mol. The summed E-state index contributed by atoms with van der Waals surface area (Å²) in [6, 6.07) is 8.13. The number of ether oxygens (including phenoxy) is 2. The van der Waals surface area contributed by atoms with Crippen molar-refractivity contribution in [1.82, 2.24) is 4.98 Å². The Labute approximate surface area is 127 Å². The third-order valence-corrected chi connectivity index (χ3v) is 2.78. The molecule has 2 aromatic rings. The third kappa shape index (κ3) is 3.72. The van der Waals surface area contributed by atoms with E-state index in [1.165, 1.54) is 20.4 Å². The maximum atomic E-state index is 11.9. The molecule has 2 rings (SSSR count). The molecule has 0 fully saturated rings. The van der Waals surface area contributed by atoms with Gasteiger partial charge in [0.15, 0.2) is 0 Å². The van der Waals surface area contributed by atoms with Crippen molar-refractivity contribution in [1.29, 1.82) is 0 Å². The van der Waals surface area contributed by atoms with Crippen molar-refractivity contribution in [2.45, 2.75) is 0 Å². The van der Waals surface area contributed by atoms with Crippen molar-refractivity contribution in [3.05, 3.63) is 42.7 Å². The van der Waals surface area contributed by atoms with Gasteiger partial charge in [0.05, 0.1) is 31.8 Å². The normalized spacial score (nSPS) is 9.73. The van der Waals surface area contributed by atoms with Crippen LogP contribution in [0.1, 0.15) is 0 Å². The first kappa shape index (κ1) is 15.3. The van der Waals surface area contributed by atoms with Gasteiger partial charge in [-0.1, -0.05) is 0 Å². The van der Waals surface area contributed by atoms with Crippen LogP contribution in [-0.2, 0) is 9.59 Å². The van der Waals surface area contributed by atoms with Crippen LogP contribution in [0, 0.1) is 0 Å². The van der Waals surface area contributed by atoms with E-state index in [0.717, 1.165) is 0 Å². The fourth-order valence-electron chi connectivity index (χ4n) is 1.71. The van der Waals surface area contributed by atoms with E-state index in [-0.39, 0.29) is 0 Å². The van der Waals surface area contributed by atoms with Gasteiger partial charge in [0.25, 0.3) is 0 Å². The Balaban J connectivity index is 2.07. The van der Waals surface area contributed by atoms with Crippen LogP contribution in [0.25, 0.3) is 0 Å². The Hall–Kier alpha value is -3.09. The lowest BCUT2D eigenvalue weighted by Crippen LogP contribution is -2.29. The van der Waals surface area contributed by atoms with Gasteiger partial charge in [-0.3, -0.25) is 14.6 Å². The maximum absolute atomic E-state index is 11.9. The zero-order chi connectivity index (χ0) is 15.9. The van der Waals surface area contributed by atoms with Gasteiger partial charge in [-0.25, -0.2) is 0 Å². The highest BCUT2D eigenvalue weighted by Gasteiger charge is 2.16. The minimum Gasteiger partial charge on any atom is -0.497 e. The zero-order valence-corrected chi connectivity index (χ0v) is 12.1. The van der Waals surface area contributed by atoms with Gasteiger partial charge in [0, 0.05) is 12.3 Å². The maximum Gasteiger partial charge on any atom is 0.314 e. The van der Waals surface area contributed by atoms with Crippen LogP contribution < -0.4 is 20.1 Å². The molecule has 1 aromatic carbocycles. The number of nitrogens with one attached hydrogen (secondary N) is 2. The van der Waals surface area contributed by atoms with Gasteiger partial charge in [-0.15, -0.1) is 0 Å². The molecule has 0 spiro atoms. The van der Waals surface area contributed by atoms with Gasteiger partial charge < -0.3 is 20.1 Å². The molecule has 0 saturated carbocycles. The van der Waals surface area contributed by atoms with E-state index in [1.807, 2.05) is 0 Å². The Morgan fingerprint density at radius 3 is 2.45 bits per heavy atom. The second-order valence-corrected chi connectivity index (χ2v) is 4.22. The number of carbonyl (C=O) groups is 2. The molecule has 7 heteroatoms. The SMILES string of the molecule is COc1ccc(NC(=O)C(=O)Nc2cccnc2)c(OC)c1. The lowest BCUT2D eigenvalue weighted by atomic mass is 10.2. The number of methoxy groups -OCH3 is 2. The standard InChI is InChI=1S/C15H15N3O4/c1-21-11-5-6-12(13(8-11)22-2)18-15(20)14(19)17-10-4-3-7-16-9-10/h3-9H,1-2H3,(H,17,19)(H,18,20). The fourth-order valence-corrected chi connectivity index (χ4v) is 1.71. The highest BCUT2D eigenvalue weighted by molar-refractivity contribution is 6.43. The summed E-state index contributed by atoms with van der Waals surface area (Å²) in [6.07, 6.45) is 3.01. The largest absolute Gasteiger partial charge is 0.497 e. The monoisotopic (exact) mass is 301 g/mol. The van der Waals surface area contributed by atoms with E-state index < -0.39 is 11.8 Å². The highest BCUT2D eigenvalue weighted by Crippen LogP contribution is 2.28. The topological polar surface area (TPSA) is 89.5 Å².